The lowest BCUT2D eigenvalue weighted by Crippen LogP contribution is -2.07. The van der Waals surface area contributed by atoms with Crippen molar-refractivity contribution in [2.75, 3.05) is 0 Å². The van der Waals surface area contributed by atoms with Crippen molar-refractivity contribution in [3.8, 4) is 11.4 Å². The first-order valence-electron chi connectivity index (χ1n) is 8.37. The van der Waals surface area contributed by atoms with Crippen LogP contribution >= 0.6 is 23.3 Å². The molecule has 0 saturated carbocycles. The maximum Gasteiger partial charge on any atom is 0.203 e. The van der Waals surface area contributed by atoms with Crippen LogP contribution in [-0.2, 0) is 6.61 Å². The molecule has 6 nitrogen and oxygen atoms in total. The van der Waals surface area contributed by atoms with E-state index in [-0.39, 0.29) is 0 Å². The van der Waals surface area contributed by atoms with E-state index in [1.165, 1.54) is 23.3 Å². The second-order valence-corrected chi connectivity index (χ2v) is 7.80. The summed E-state index contributed by atoms with van der Waals surface area (Å²) in [4.78, 5) is 4.41. The van der Waals surface area contributed by atoms with Gasteiger partial charge in [0, 0.05) is 5.69 Å². The minimum Gasteiger partial charge on any atom is -0.485 e. The monoisotopic (exact) mass is 395 g/mol. The van der Waals surface area contributed by atoms with Crippen LogP contribution in [-0.4, -0.2) is 24.1 Å². The number of hydrogen-bond donors (Lipinski definition) is 0. The number of benzene rings is 2. The van der Waals surface area contributed by atoms with Gasteiger partial charge in [0.1, 0.15) is 18.2 Å². The van der Waals surface area contributed by atoms with E-state index in [9.17, 15) is 0 Å². The molecular weight excluding hydrogens is 378 g/mol. The Morgan fingerprint density at radius 3 is 2.52 bits per heavy atom. The number of aryl methyl sites for hydroxylation is 2. The summed E-state index contributed by atoms with van der Waals surface area (Å²) < 4.78 is 13.1. The van der Waals surface area contributed by atoms with Gasteiger partial charge in [0.15, 0.2) is 10.2 Å². The molecule has 8 heteroatoms. The Hall–Kier alpha value is -2.71. The number of aromatic nitrogens is 5. The van der Waals surface area contributed by atoms with E-state index in [0.717, 1.165) is 38.1 Å². The van der Waals surface area contributed by atoms with Crippen molar-refractivity contribution in [3.63, 3.8) is 0 Å². The Bertz CT molecular complexity index is 1050. The molecule has 2 heterocycles. The summed E-state index contributed by atoms with van der Waals surface area (Å²) in [5.41, 5.74) is 2.07. The van der Waals surface area contributed by atoms with Crippen LogP contribution in [0.3, 0.4) is 0 Å². The SMILES string of the molecule is Cc1nsc(Sc2nnc(COc3ccccc3C)n2-c2ccccc2)n1. The van der Waals surface area contributed by atoms with Crippen LogP contribution in [0.25, 0.3) is 5.69 Å². The average molecular weight is 396 g/mol. The van der Waals surface area contributed by atoms with Gasteiger partial charge in [0.2, 0.25) is 5.16 Å². The standard InChI is InChI=1S/C19H17N5OS2/c1-13-8-6-7-11-16(13)25-12-17-21-22-18(26-19-20-14(2)23-27-19)24(17)15-9-4-3-5-10-15/h3-11H,12H2,1-2H3. The number of nitrogens with zero attached hydrogens (tertiary/aromatic N) is 5. The fourth-order valence-electron chi connectivity index (χ4n) is 2.55. The van der Waals surface area contributed by atoms with Crippen molar-refractivity contribution in [1.29, 1.82) is 0 Å². The van der Waals surface area contributed by atoms with Crippen molar-refractivity contribution in [2.24, 2.45) is 0 Å². The Balaban J connectivity index is 1.66. The lowest BCUT2D eigenvalue weighted by atomic mass is 10.2. The fourth-order valence-corrected chi connectivity index (χ4v) is 4.18. The van der Waals surface area contributed by atoms with E-state index in [1.807, 2.05) is 73.0 Å². The second kappa shape index (κ2) is 7.89. The van der Waals surface area contributed by atoms with E-state index in [0.29, 0.717) is 6.61 Å². The maximum absolute atomic E-state index is 5.99. The molecule has 0 aliphatic heterocycles. The molecule has 0 fully saturated rings. The van der Waals surface area contributed by atoms with Gasteiger partial charge < -0.3 is 4.74 Å². The van der Waals surface area contributed by atoms with Gasteiger partial charge >= 0.3 is 0 Å². The van der Waals surface area contributed by atoms with Crippen LogP contribution in [0.15, 0.2) is 64.1 Å². The first-order valence-corrected chi connectivity index (χ1v) is 9.96. The third-order valence-corrected chi connectivity index (χ3v) is 5.64. The maximum atomic E-state index is 5.99. The first kappa shape index (κ1) is 17.7. The summed E-state index contributed by atoms with van der Waals surface area (Å²) >= 11 is 2.81. The highest BCUT2D eigenvalue weighted by Crippen LogP contribution is 2.30. The molecule has 4 rings (SSSR count). The van der Waals surface area contributed by atoms with E-state index < -0.39 is 0 Å². The molecule has 0 unspecified atom stereocenters. The molecule has 0 spiro atoms. The highest BCUT2D eigenvalue weighted by atomic mass is 32.2. The lowest BCUT2D eigenvalue weighted by Gasteiger charge is -2.11. The third kappa shape index (κ3) is 4.01. The smallest absolute Gasteiger partial charge is 0.203 e. The highest BCUT2D eigenvalue weighted by Gasteiger charge is 2.17. The normalized spacial score (nSPS) is 10.9. The zero-order valence-electron chi connectivity index (χ0n) is 14.9. The van der Waals surface area contributed by atoms with Gasteiger partial charge in [-0.05, 0) is 60.9 Å². The molecule has 0 radical (unpaired) electrons. The molecule has 0 atom stereocenters. The van der Waals surface area contributed by atoms with Crippen LogP contribution in [0.5, 0.6) is 5.75 Å². The van der Waals surface area contributed by atoms with Gasteiger partial charge in [-0.15, -0.1) is 10.2 Å². The van der Waals surface area contributed by atoms with Gasteiger partial charge in [0.05, 0.1) is 0 Å². The zero-order valence-corrected chi connectivity index (χ0v) is 16.5. The van der Waals surface area contributed by atoms with E-state index in [4.69, 9.17) is 4.74 Å². The van der Waals surface area contributed by atoms with Gasteiger partial charge in [-0.25, -0.2) is 4.98 Å². The summed E-state index contributed by atoms with van der Waals surface area (Å²) in [6, 6.07) is 17.9. The Kier molecular flexibility index (Phi) is 5.17. The predicted molar refractivity (Wildman–Crippen MR) is 106 cm³/mol. The van der Waals surface area contributed by atoms with E-state index >= 15 is 0 Å². The number of rotatable bonds is 6. The largest absolute Gasteiger partial charge is 0.485 e. The third-order valence-electron chi connectivity index (χ3n) is 3.85. The summed E-state index contributed by atoms with van der Waals surface area (Å²) in [5, 5.41) is 9.47. The first-order chi connectivity index (χ1) is 13.2. The summed E-state index contributed by atoms with van der Waals surface area (Å²) in [7, 11) is 0. The van der Waals surface area contributed by atoms with Crippen LogP contribution in [0.4, 0.5) is 0 Å². The summed E-state index contributed by atoms with van der Waals surface area (Å²) in [6.45, 7) is 4.22. The summed E-state index contributed by atoms with van der Waals surface area (Å²) in [5.74, 6) is 2.33. The van der Waals surface area contributed by atoms with Crippen LogP contribution < -0.4 is 4.74 Å². The molecule has 0 aliphatic carbocycles. The molecule has 0 bridgehead atoms. The molecule has 4 aromatic rings. The molecule has 27 heavy (non-hydrogen) atoms. The lowest BCUT2D eigenvalue weighted by molar-refractivity contribution is 0.291. The summed E-state index contributed by atoms with van der Waals surface area (Å²) in [6.07, 6.45) is 0. The second-order valence-electron chi connectivity index (χ2n) is 5.83. The van der Waals surface area contributed by atoms with Crippen LogP contribution in [0.2, 0.25) is 0 Å². The van der Waals surface area contributed by atoms with Crippen LogP contribution in [0, 0.1) is 13.8 Å². The van der Waals surface area contributed by atoms with Crippen molar-refractivity contribution in [1.82, 2.24) is 24.1 Å². The van der Waals surface area contributed by atoms with E-state index in [2.05, 4.69) is 19.6 Å². The van der Waals surface area contributed by atoms with Crippen molar-refractivity contribution in [3.05, 3.63) is 71.8 Å². The fraction of sp³-hybridized carbons (Fsp3) is 0.158. The van der Waals surface area contributed by atoms with Crippen molar-refractivity contribution in [2.45, 2.75) is 30.0 Å². The topological polar surface area (TPSA) is 65.7 Å². The van der Waals surface area contributed by atoms with Gasteiger partial charge in [-0.3, -0.25) is 4.57 Å². The molecule has 0 aliphatic rings. The molecular formula is C19H17N5OS2. The minimum atomic E-state index is 0.322. The zero-order chi connectivity index (χ0) is 18.6. The number of para-hydroxylation sites is 2. The van der Waals surface area contributed by atoms with Gasteiger partial charge in [-0.2, -0.15) is 4.37 Å². The number of ether oxygens (including phenoxy) is 1. The quantitative estimate of drug-likeness (QED) is 0.480. The van der Waals surface area contributed by atoms with Gasteiger partial charge in [-0.1, -0.05) is 36.4 Å². The molecule has 2 aromatic carbocycles. The molecule has 2 aromatic heterocycles. The Labute approximate surface area is 165 Å². The molecule has 0 N–H and O–H groups in total. The molecule has 0 saturated heterocycles. The van der Waals surface area contributed by atoms with Crippen LogP contribution in [0.1, 0.15) is 17.2 Å². The average Bonchev–Trinajstić information content (AvgIpc) is 3.28. The predicted octanol–water partition coefficient (Wildman–Crippen LogP) is 4.47. The molecule has 0 amide bonds. The highest BCUT2D eigenvalue weighted by molar-refractivity contribution is 8.00. The Morgan fingerprint density at radius 1 is 1.00 bits per heavy atom. The van der Waals surface area contributed by atoms with Crippen molar-refractivity contribution >= 4 is 23.3 Å². The van der Waals surface area contributed by atoms with Crippen molar-refractivity contribution < 1.29 is 4.74 Å². The molecule has 136 valence electrons. The Morgan fingerprint density at radius 2 is 1.78 bits per heavy atom. The van der Waals surface area contributed by atoms with E-state index in [1.54, 1.807) is 0 Å². The minimum absolute atomic E-state index is 0.322. The number of hydrogen-bond acceptors (Lipinski definition) is 7. The van der Waals surface area contributed by atoms with Gasteiger partial charge in [0.25, 0.3) is 0 Å².